The van der Waals surface area contributed by atoms with Crippen molar-refractivity contribution >= 4 is 21.6 Å². The summed E-state index contributed by atoms with van der Waals surface area (Å²) in [6.45, 7) is 4.54. The van der Waals surface area contributed by atoms with E-state index in [-0.39, 0.29) is 0 Å². The van der Waals surface area contributed by atoms with Gasteiger partial charge in [0.2, 0.25) is 0 Å². The summed E-state index contributed by atoms with van der Waals surface area (Å²) in [5.74, 6) is 0.988. The highest BCUT2D eigenvalue weighted by atomic mass is 32.1. The van der Waals surface area contributed by atoms with Crippen LogP contribution in [0.15, 0.2) is 23.7 Å². The topological polar surface area (TPSA) is 24.9 Å². The van der Waals surface area contributed by atoms with E-state index in [0.717, 1.165) is 11.4 Å². The Morgan fingerprint density at radius 1 is 1.47 bits per heavy atom. The molecule has 2 atom stereocenters. The second kappa shape index (κ2) is 5.59. The normalized spacial score (nSPS) is 18.6. The van der Waals surface area contributed by atoms with Gasteiger partial charge >= 0.3 is 0 Å². The van der Waals surface area contributed by atoms with Gasteiger partial charge in [-0.15, -0.1) is 11.3 Å². The first-order valence-electron chi connectivity index (χ1n) is 7.35. The van der Waals surface area contributed by atoms with Crippen molar-refractivity contribution in [3.05, 3.63) is 29.3 Å². The molecule has 0 amide bonds. The minimum atomic E-state index is 0.391. The summed E-state index contributed by atoms with van der Waals surface area (Å²) in [4.78, 5) is 4.54. The Bertz CT molecular complexity index is 544. The summed E-state index contributed by atoms with van der Waals surface area (Å²) < 4.78 is 1.29. The Morgan fingerprint density at radius 2 is 2.32 bits per heavy atom. The summed E-state index contributed by atoms with van der Waals surface area (Å²) in [6, 6.07) is 5.42. The second-order valence-electron chi connectivity index (χ2n) is 5.75. The zero-order valence-corrected chi connectivity index (χ0v) is 12.5. The molecule has 2 aromatic heterocycles. The average molecular weight is 274 g/mol. The molecule has 1 N–H and O–H groups in total. The van der Waals surface area contributed by atoms with Crippen LogP contribution >= 0.6 is 11.3 Å². The van der Waals surface area contributed by atoms with E-state index in [1.165, 1.54) is 35.9 Å². The van der Waals surface area contributed by atoms with E-state index in [1.54, 1.807) is 11.3 Å². The summed E-state index contributed by atoms with van der Waals surface area (Å²) in [6.07, 6.45) is 7.46. The van der Waals surface area contributed by atoms with Crippen LogP contribution in [0.3, 0.4) is 0 Å². The molecule has 102 valence electrons. The molecule has 0 aliphatic heterocycles. The molecular weight excluding hydrogens is 252 g/mol. The number of pyridine rings is 1. The third kappa shape index (κ3) is 3.15. The predicted octanol–water partition coefficient (Wildman–Crippen LogP) is 4.53. The summed E-state index contributed by atoms with van der Waals surface area (Å²) in [7, 11) is 0. The van der Waals surface area contributed by atoms with Crippen LogP contribution in [0, 0.1) is 5.92 Å². The molecule has 0 saturated heterocycles. The van der Waals surface area contributed by atoms with Gasteiger partial charge in [0.15, 0.2) is 0 Å². The van der Waals surface area contributed by atoms with Crippen LogP contribution in [-0.2, 0) is 0 Å². The van der Waals surface area contributed by atoms with Crippen molar-refractivity contribution in [1.82, 2.24) is 10.3 Å². The van der Waals surface area contributed by atoms with Crippen LogP contribution in [0.2, 0.25) is 0 Å². The molecule has 0 bridgehead atoms. The Hall–Kier alpha value is -0.930. The van der Waals surface area contributed by atoms with Crippen molar-refractivity contribution in [2.24, 2.45) is 5.92 Å². The molecule has 1 aliphatic carbocycles. The van der Waals surface area contributed by atoms with E-state index in [9.17, 15) is 0 Å². The molecule has 3 rings (SSSR count). The first-order valence-corrected chi connectivity index (χ1v) is 8.23. The highest BCUT2D eigenvalue weighted by Gasteiger charge is 2.25. The molecule has 1 aliphatic rings. The number of thiophene rings is 1. The lowest BCUT2D eigenvalue weighted by Gasteiger charge is -2.22. The van der Waals surface area contributed by atoms with E-state index < -0.39 is 0 Å². The van der Waals surface area contributed by atoms with E-state index in [1.807, 2.05) is 6.20 Å². The largest absolute Gasteiger partial charge is 0.307 e. The molecule has 1 fully saturated rings. The lowest BCUT2D eigenvalue weighted by molar-refractivity contribution is 0.404. The minimum Gasteiger partial charge on any atom is -0.307 e. The van der Waals surface area contributed by atoms with Gasteiger partial charge in [-0.2, -0.15) is 0 Å². The highest BCUT2D eigenvalue weighted by Crippen LogP contribution is 2.34. The fourth-order valence-corrected chi connectivity index (χ4v) is 3.45. The van der Waals surface area contributed by atoms with Crippen LogP contribution in [0.5, 0.6) is 0 Å². The van der Waals surface area contributed by atoms with Crippen LogP contribution < -0.4 is 5.32 Å². The lowest BCUT2D eigenvalue weighted by atomic mass is 10.0. The third-order valence-electron chi connectivity index (χ3n) is 4.12. The molecule has 0 spiro atoms. The van der Waals surface area contributed by atoms with E-state index in [2.05, 4.69) is 41.7 Å². The van der Waals surface area contributed by atoms with Gasteiger partial charge in [-0.25, -0.2) is 0 Å². The number of hydrogen-bond donors (Lipinski definition) is 1. The molecule has 2 aromatic rings. The summed E-state index contributed by atoms with van der Waals surface area (Å²) in [5.41, 5.74) is 2.43. The van der Waals surface area contributed by atoms with Gasteiger partial charge < -0.3 is 5.32 Å². The number of aromatic nitrogens is 1. The number of nitrogens with one attached hydrogen (secondary N) is 1. The van der Waals surface area contributed by atoms with Crippen molar-refractivity contribution in [3.63, 3.8) is 0 Å². The van der Waals surface area contributed by atoms with E-state index >= 15 is 0 Å². The van der Waals surface area contributed by atoms with Crippen molar-refractivity contribution in [2.75, 3.05) is 0 Å². The van der Waals surface area contributed by atoms with Crippen molar-refractivity contribution < 1.29 is 0 Å². The highest BCUT2D eigenvalue weighted by molar-refractivity contribution is 7.17. The fourth-order valence-electron chi connectivity index (χ4n) is 2.66. The van der Waals surface area contributed by atoms with Gasteiger partial charge in [0, 0.05) is 18.3 Å². The SMILES string of the molecule is CCC(CC1CC1)NC(C)c1cnc2ccsc2c1. The van der Waals surface area contributed by atoms with Gasteiger partial charge in [-0.05, 0) is 48.8 Å². The van der Waals surface area contributed by atoms with Crippen LogP contribution in [0.25, 0.3) is 10.2 Å². The van der Waals surface area contributed by atoms with Gasteiger partial charge in [-0.3, -0.25) is 4.98 Å². The zero-order valence-electron chi connectivity index (χ0n) is 11.7. The van der Waals surface area contributed by atoms with Crippen LogP contribution in [-0.4, -0.2) is 11.0 Å². The Balaban J connectivity index is 1.68. The molecule has 2 heterocycles. The molecule has 19 heavy (non-hydrogen) atoms. The summed E-state index contributed by atoms with van der Waals surface area (Å²) >= 11 is 1.77. The van der Waals surface area contributed by atoms with E-state index in [0.29, 0.717) is 12.1 Å². The Kier molecular flexibility index (Phi) is 3.85. The number of nitrogens with zero attached hydrogens (tertiary/aromatic N) is 1. The monoisotopic (exact) mass is 274 g/mol. The maximum atomic E-state index is 4.54. The maximum Gasteiger partial charge on any atom is 0.0809 e. The quantitative estimate of drug-likeness (QED) is 0.837. The molecule has 2 unspecified atom stereocenters. The van der Waals surface area contributed by atoms with Gasteiger partial charge in [0.05, 0.1) is 10.2 Å². The second-order valence-corrected chi connectivity index (χ2v) is 6.69. The fraction of sp³-hybridized carbons (Fsp3) is 0.562. The molecule has 3 heteroatoms. The smallest absolute Gasteiger partial charge is 0.0809 e. The molecule has 2 nitrogen and oxygen atoms in total. The molecule has 0 radical (unpaired) electrons. The number of fused-ring (bicyclic) bond motifs is 1. The molecule has 1 saturated carbocycles. The first-order chi connectivity index (χ1) is 9.26. The van der Waals surface area contributed by atoms with Crippen LogP contribution in [0.1, 0.15) is 51.1 Å². The lowest BCUT2D eigenvalue weighted by Crippen LogP contribution is -2.31. The minimum absolute atomic E-state index is 0.391. The predicted molar refractivity (Wildman–Crippen MR) is 82.6 cm³/mol. The average Bonchev–Trinajstić information content (AvgIpc) is 3.11. The van der Waals surface area contributed by atoms with Gasteiger partial charge in [0.1, 0.15) is 0 Å². The first kappa shape index (κ1) is 13.1. The van der Waals surface area contributed by atoms with Gasteiger partial charge in [-0.1, -0.05) is 19.8 Å². The van der Waals surface area contributed by atoms with E-state index in [4.69, 9.17) is 0 Å². The zero-order chi connectivity index (χ0) is 13.2. The molecular formula is C16H22N2S. The maximum absolute atomic E-state index is 4.54. The number of rotatable bonds is 6. The summed E-state index contributed by atoms with van der Waals surface area (Å²) in [5, 5.41) is 5.89. The third-order valence-corrected chi connectivity index (χ3v) is 4.97. The standard InChI is InChI=1S/C16H22N2S/c1-3-14(8-12-4-5-12)18-11(2)13-9-16-15(17-10-13)6-7-19-16/h6-7,9-12,14,18H,3-5,8H2,1-2H3. The van der Waals surface area contributed by atoms with Gasteiger partial charge in [0.25, 0.3) is 0 Å². The van der Waals surface area contributed by atoms with Crippen molar-refractivity contribution in [3.8, 4) is 0 Å². The van der Waals surface area contributed by atoms with Crippen molar-refractivity contribution in [2.45, 2.75) is 51.6 Å². The Labute approximate surface area is 119 Å². The molecule has 0 aromatic carbocycles. The number of hydrogen-bond acceptors (Lipinski definition) is 3. The van der Waals surface area contributed by atoms with Crippen molar-refractivity contribution in [1.29, 1.82) is 0 Å². The Morgan fingerprint density at radius 3 is 3.05 bits per heavy atom. The van der Waals surface area contributed by atoms with Crippen LogP contribution in [0.4, 0.5) is 0 Å².